The van der Waals surface area contributed by atoms with Gasteiger partial charge in [-0.1, -0.05) is 29.3 Å². The van der Waals surface area contributed by atoms with E-state index in [0.717, 1.165) is 0 Å². The van der Waals surface area contributed by atoms with Crippen molar-refractivity contribution >= 4 is 28.9 Å². The highest BCUT2D eigenvalue weighted by atomic mass is 35.5. The van der Waals surface area contributed by atoms with Gasteiger partial charge < -0.3 is 15.2 Å². The van der Waals surface area contributed by atoms with Crippen molar-refractivity contribution < 1.29 is 14.2 Å². The third kappa shape index (κ3) is 4.77. The minimum absolute atomic E-state index is 0.0701. The Hall–Kier alpha value is -1.49. The summed E-state index contributed by atoms with van der Waals surface area (Å²) < 4.78 is 18.1. The van der Waals surface area contributed by atoms with E-state index in [4.69, 9.17) is 27.9 Å². The van der Waals surface area contributed by atoms with Gasteiger partial charge in [-0.05, 0) is 36.4 Å². The van der Waals surface area contributed by atoms with E-state index >= 15 is 0 Å². The third-order valence-corrected chi connectivity index (χ3v) is 3.36. The van der Waals surface area contributed by atoms with Gasteiger partial charge in [0.05, 0.1) is 15.7 Å². The molecule has 2 N–H and O–H groups in total. The summed E-state index contributed by atoms with van der Waals surface area (Å²) in [5.41, 5.74) is 0.571. The van der Waals surface area contributed by atoms with E-state index in [9.17, 15) is 9.50 Å². The molecule has 0 aliphatic rings. The Balaban J connectivity index is 1.82. The number of aliphatic hydroxyl groups is 1. The molecule has 2 rings (SSSR count). The zero-order valence-corrected chi connectivity index (χ0v) is 12.5. The molecule has 2 aromatic rings. The molecule has 1 atom stereocenters. The number of ether oxygens (including phenoxy) is 1. The molecular weight excluding hydrogens is 316 g/mol. The van der Waals surface area contributed by atoms with Crippen LogP contribution in [0.25, 0.3) is 0 Å². The van der Waals surface area contributed by atoms with Gasteiger partial charge in [0, 0.05) is 6.54 Å². The highest BCUT2D eigenvalue weighted by Crippen LogP contribution is 2.29. The summed E-state index contributed by atoms with van der Waals surface area (Å²) in [4.78, 5) is 0. The van der Waals surface area contributed by atoms with Gasteiger partial charge in [0.1, 0.15) is 24.3 Å². The van der Waals surface area contributed by atoms with Gasteiger partial charge in [-0.2, -0.15) is 0 Å². The Labute approximate surface area is 132 Å². The molecule has 0 saturated heterocycles. The number of hydrogen-bond acceptors (Lipinski definition) is 3. The van der Waals surface area contributed by atoms with Gasteiger partial charge in [0.2, 0.25) is 0 Å². The van der Waals surface area contributed by atoms with Crippen LogP contribution in [0.3, 0.4) is 0 Å². The fourth-order valence-electron chi connectivity index (χ4n) is 1.67. The molecule has 2 aromatic carbocycles. The van der Waals surface area contributed by atoms with E-state index in [1.165, 1.54) is 24.3 Å². The van der Waals surface area contributed by atoms with Crippen molar-refractivity contribution in [3.8, 4) is 5.75 Å². The second-order valence-corrected chi connectivity index (χ2v) is 5.21. The summed E-state index contributed by atoms with van der Waals surface area (Å²) in [6, 6.07) is 10.7. The van der Waals surface area contributed by atoms with Gasteiger partial charge in [0.15, 0.2) is 0 Å². The fourth-order valence-corrected chi connectivity index (χ4v) is 2.20. The lowest BCUT2D eigenvalue weighted by Gasteiger charge is -2.15. The van der Waals surface area contributed by atoms with Crippen LogP contribution >= 0.6 is 23.2 Å². The highest BCUT2D eigenvalue weighted by molar-refractivity contribution is 6.39. The van der Waals surface area contributed by atoms with E-state index in [1.54, 1.807) is 18.2 Å². The summed E-state index contributed by atoms with van der Waals surface area (Å²) in [5, 5.41) is 13.8. The molecule has 0 bridgehead atoms. The Morgan fingerprint density at radius 3 is 2.33 bits per heavy atom. The van der Waals surface area contributed by atoms with Crippen LogP contribution in [-0.2, 0) is 0 Å². The molecule has 0 aromatic heterocycles. The predicted octanol–water partition coefficient (Wildman–Crippen LogP) is 3.98. The molecule has 3 nitrogen and oxygen atoms in total. The van der Waals surface area contributed by atoms with Crippen molar-refractivity contribution in [3.05, 3.63) is 58.3 Å². The number of rotatable bonds is 6. The van der Waals surface area contributed by atoms with E-state index in [2.05, 4.69) is 5.32 Å². The van der Waals surface area contributed by atoms with E-state index in [-0.39, 0.29) is 19.0 Å². The normalized spacial score (nSPS) is 12.0. The number of benzene rings is 2. The standard InChI is InChI=1S/C15H14Cl2FNO2/c16-13-2-1-3-14(17)15(13)19-8-11(20)9-21-12-6-4-10(18)5-7-12/h1-7,11,19-20H,8-9H2. The van der Waals surface area contributed by atoms with E-state index in [1.807, 2.05) is 0 Å². The zero-order chi connectivity index (χ0) is 15.2. The molecule has 0 amide bonds. The number of nitrogens with one attached hydrogen (secondary N) is 1. The first-order valence-corrected chi connectivity index (χ1v) is 7.06. The van der Waals surface area contributed by atoms with E-state index < -0.39 is 6.10 Å². The van der Waals surface area contributed by atoms with Gasteiger partial charge in [0.25, 0.3) is 0 Å². The molecular formula is C15H14Cl2FNO2. The molecule has 0 saturated carbocycles. The molecule has 0 fully saturated rings. The van der Waals surface area contributed by atoms with Crippen LogP contribution in [0.4, 0.5) is 10.1 Å². The van der Waals surface area contributed by atoms with Gasteiger partial charge in [-0.25, -0.2) is 4.39 Å². The number of hydrogen-bond donors (Lipinski definition) is 2. The summed E-state index contributed by atoms with van der Waals surface area (Å²) in [5.74, 6) is 0.157. The molecule has 112 valence electrons. The lowest BCUT2D eigenvalue weighted by molar-refractivity contribution is 0.117. The lowest BCUT2D eigenvalue weighted by Crippen LogP contribution is -2.26. The maximum Gasteiger partial charge on any atom is 0.123 e. The van der Waals surface area contributed by atoms with Crippen molar-refractivity contribution in [1.82, 2.24) is 0 Å². The van der Waals surface area contributed by atoms with Crippen LogP contribution in [-0.4, -0.2) is 24.4 Å². The quantitative estimate of drug-likeness (QED) is 0.842. The molecule has 0 radical (unpaired) electrons. The van der Waals surface area contributed by atoms with Crippen LogP contribution < -0.4 is 10.1 Å². The van der Waals surface area contributed by atoms with Crippen molar-refractivity contribution in [2.24, 2.45) is 0 Å². The number of anilines is 1. The Morgan fingerprint density at radius 1 is 1.10 bits per heavy atom. The maximum absolute atomic E-state index is 12.7. The smallest absolute Gasteiger partial charge is 0.123 e. The van der Waals surface area contributed by atoms with Crippen LogP contribution in [0.15, 0.2) is 42.5 Å². The molecule has 0 aliphatic heterocycles. The average molecular weight is 330 g/mol. The summed E-state index contributed by atoms with van der Waals surface area (Å²) in [6.45, 7) is 0.297. The van der Waals surface area contributed by atoms with Crippen molar-refractivity contribution in [3.63, 3.8) is 0 Å². The van der Waals surface area contributed by atoms with Gasteiger partial charge in [-0.3, -0.25) is 0 Å². The van der Waals surface area contributed by atoms with Crippen molar-refractivity contribution in [2.75, 3.05) is 18.5 Å². The Morgan fingerprint density at radius 2 is 1.71 bits per heavy atom. The van der Waals surface area contributed by atoms with Gasteiger partial charge in [-0.15, -0.1) is 0 Å². The van der Waals surface area contributed by atoms with Crippen molar-refractivity contribution in [2.45, 2.75) is 6.10 Å². The lowest BCUT2D eigenvalue weighted by atomic mass is 10.3. The molecule has 21 heavy (non-hydrogen) atoms. The minimum atomic E-state index is -0.762. The SMILES string of the molecule is OC(CNc1c(Cl)cccc1Cl)COc1ccc(F)cc1. The first-order valence-electron chi connectivity index (χ1n) is 6.30. The maximum atomic E-state index is 12.7. The van der Waals surface area contributed by atoms with Crippen molar-refractivity contribution in [1.29, 1.82) is 0 Å². The second-order valence-electron chi connectivity index (χ2n) is 4.40. The predicted molar refractivity (Wildman–Crippen MR) is 82.9 cm³/mol. The molecule has 0 aliphatic carbocycles. The first kappa shape index (κ1) is 15.9. The number of para-hydroxylation sites is 1. The summed E-state index contributed by atoms with van der Waals surface area (Å²) in [7, 11) is 0. The minimum Gasteiger partial charge on any atom is -0.491 e. The largest absolute Gasteiger partial charge is 0.491 e. The highest BCUT2D eigenvalue weighted by Gasteiger charge is 2.09. The summed E-state index contributed by atoms with van der Waals surface area (Å²) in [6.07, 6.45) is -0.762. The van der Waals surface area contributed by atoms with Crippen LogP contribution in [0.2, 0.25) is 10.0 Å². The third-order valence-electron chi connectivity index (χ3n) is 2.73. The van der Waals surface area contributed by atoms with Crippen LogP contribution in [0.1, 0.15) is 0 Å². The topological polar surface area (TPSA) is 41.5 Å². The molecule has 0 heterocycles. The monoisotopic (exact) mass is 329 g/mol. The van der Waals surface area contributed by atoms with Crippen LogP contribution in [0, 0.1) is 5.82 Å². The average Bonchev–Trinajstić information content (AvgIpc) is 2.46. The Kier molecular flexibility index (Phi) is 5.67. The van der Waals surface area contributed by atoms with E-state index in [0.29, 0.717) is 21.5 Å². The molecule has 0 spiro atoms. The number of aliphatic hydroxyl groups excluding tert-OH is 1. The zero-order valence-electron chi connectivity index (χ0n) is 11.0. The second kappa shape index (κ2) is 7.50. The van der Waals surface area contributed by atoms with Gasteiger partial charge >= 0.3 is 0 Å². The number of halogens is 3. The molecule has 1 unspecified atom stereocenters. The first-order chi connectivity index (χ1) is 10.1. The molecule has 6 heteroatoms. The summed E-state index contributed by atoms with van der Waals surface area (Å²) >= 11 is 12.0. The van der Waals surface area contributed by atoms with Crippen LogP contribution in [0.5, 0.6) is 5.75 Å². The Bertz CT molecular complexity index is 572. The fraction of sp³-hybridized carbons (Fsp3) is 0.200.